The number of imide groups is 1. The second-order valence-corrected chi connectivity index (χ2v) is 9.30. The number of amides is 3. The van der Waals surface area contributed by atoms with Gasteiger partial charge in [-0.25, -0.2) is 0 Å². The number of carbonyl (C=O) groups excluding carboxylic acids is 4. The Hall–Kier alpha value is -3.22. The monoisotopic (exact) mass is 495 g/mol. The van der Waals surface area contributed by atoms with Gasteiger partial charge in [0.15, 0.2) is 0 Å². The van der Waals surface area contributed by atoms with Gasteiger partial charge in [0.05, 0.1) is 6.54 Å². The van der Waals surface area contributed by atoms with Crippen LogP contribution >= 0.6 is 0 Å². The first-order valence-electron chi connectivity index (χ1n) is 12.7. The highest BCUT2D eigenvalue weighted by Crippen LogP contribution is 2.23. The molecule has 0 aliphatic carbocycles. The van der Waals surface area contributed by atoms with Crippen molar-refractivity contribution in [2.75, 3.05) is 57.8 Å². The van der Waals surface area contributed by atoms with Crippen molar-refractivity contribution in [2.45, 2.75) is 38.6 Å². The van der Waals surface area contributed by atoms with E-state index in [1.54, 1.807) is 6.07 Å². The van der Waals surface area contributed by atoms with E-state index in [2.05, 4.69) is 32.3 Å². The fraction of sp³-hybridized carbons (Fsp3) is 0.556. The van der Waals surface area contributed by atoms with Crippen LogP contribution in [0.2, 0.25) is 0 Å². The number of piperazine rings is 1. The Bertz CT molecular complexity index is 988. The van der Waals surface area contributed by atoms with E-state index >= 15 is 0 Å². The molecule has 2 aliphatic rings. The Kier molecular flexibility index (Phi) is 10.5. The Morgan fingerprint density at radius 1 is 1.19 bits per heavy atom. The second-order valence-electron chi connectivity index (χ2n) is 9.30. The molecule has 1 aromatic rings. The summed E-state index contributed by atoms with van der Waals surface area (Å²) in [6.07, 6.45) is 3.46. The summed E-state index contributed by atoms with van der Waals surface area (Å²) < 4.78 is 0. The zero-order valence-electron chi connectivity index (χ0n) is 21.3. The summed E-state index contributed by atoms with van der Waals surface area (Å²) >= 11 is 0. The molecule has 0 aromatic heterocycles. The van der Waals surface area contributed by atoms with Crippen LogP contribution in [0.3, 0.4) is 0 Å². The lowest BCUT2D eigenvalue weighted by Gasteiger charge is -2.35. The number of aryl methyl sites for hydroxylation is 1. The predicted octanol–water partition coefficient (Wildman–Crippen LogP) is 0.812. The number of hydrogen-bond donors (Lipinski definition) is 2. The number of anilines is 1. The van der Waals surface area contributed by atoms with Crippen LogP contribution in [0.25, 0.3) is 0 Å². The third-order valence-corrected chi connectivity index (χ3v) is 6.92. The summed E-state index contributed by atoms with van der Waals surface area (Å²) in [5.74, 6) is 6.29. The maximum atomic E-state index is 13.2. The third-order valence-electron chi connectivity index (χ3n) is 6.92. The minimum atomic E-state index is -1.03. The number of rotatable bonds is 9. The molecular weight excluding hydrogens is 458 g/mol. The molecular formula is C27H37N5O4. The summed E-state index contributed by atoms with van der Waals surface area (Å²) in [6.45, 7) is 8.32. The van der Waals surface area contributed by atoms with Crippen LogP contribution in [0, 0.1) is 24.7 Å². The van der Waals surface area contributed by atoms with Gasteiger partial charge < -0.3 is 20.3 Å². The highest BCUT2D eigenvalue weighted by Gasteiger charge is 2.30. The van der Waals surface area contributed by atoms with E-state index < -0.39 is 17.9 Å². The lowest BCUT2D eigenvalue weighted by molar-refractivity contribution is -0.131. The molecule has 9 heteroatoms. The van der Waals surface area contributed by atoms with Crippen molar-refractivity contribution in [3.05, 3.63) is 29.3 Å². The Morgan fingerprint density at radius 2 is 1.92 bits per heavy atom. The lowest BCUT2D eigenvalue weighted by Crippen LogP contribution is -2.48. The van der Waals surface area contributed by atoms with E-state index in [4.69, 9.17) is 0 Å². The van der Waals surface area contributed by atoms with Gasteiger partial charge in [0.25, 0.3) is 5.91 Å². The summed E-state index contributed by atoms with van der Waals surface area (Å²) in [5, 5.41) is 5.83. The van der Waals surface area contributed by atoms with Gasteiger partial charge >= 0.3 is 0 Å². The van der Waals surface area contributed by atoms with E-state index in [1.165, 1.54) is 7.05 Å². The van der Waals surface area contributed by atoms with Crippen molar-refractivity contribution in [3.8, 4) is 11.8 Å². The van der Waals surface area contributed by atoms with Gasteiger partial charge in [0.2, 0.25) is 12.3 Å². The topological polar surface area (TPSA) is 102 Å². The van der Waals surface area contributed by atoms with Crippen LogP contribution in [-0.4, -0.2) is 93.2 Å². The van der Waals surface area contributed by atoms with Gasteiger partial charge in [-0.1, -0.05) is 11.8 Å². The first kappa shape index (κ1) is 27.4. The molecule has 2 heterocycles. The van der Waals surface area contributed by atoms with Gasteiger partial charge in [-0.15, -0.1) is 0 Å². The predicted molar refractivity (Wildman–Crippen MR) is 139 cm³/mol. The maximum absolute atomic E-state index is 13.2. The average molecular weight is 496 g/mol. The maximum Gasteiger partial charge on any atom is 0.261 e. The first-order valence-corrected chi connectivity index (χ1v) is 12.7. The number of piperidine rings is 1. The van der Waals surface area contributed by atoms with Crippen molar-refractivity contribution < 1.29 is 19.2 Å². The number of hydrogen-bond acceptors (Lipinski definition) is 7. The number of carbonyl (C=O) groups is 4. The van der Waals surface area contributed by atoms with E-state index in [-0.39, 0.29) is 12.8 Å². The summed E-state index contributed by atoms with van der Waals surface area (Å²) in [6, 6.07) is 4.51. The molecule has 2 N–H and O–H groups in total. The van der Waals surface area contributed by atoms with Crippen LogP contribution < -0.4 is 15.5 Å². The molecule has 9 nitrogen and oxygen atoms in total. The van der Waals surface area contributed by atoms with Gasteiger partial charge in [0, 0.05) is 56.8 Å². The van der Waals surface area contributed by atoms with E-state index in [9.17, 15) is 19.2 Å². The van der Waals surface area contributed by atoms with Crippen molar-refractivity contribution in [1.82, 2.24) is 20.4 Å². The molecule has 0 bridgehead atoms. The zero-order chi connectivity index (χ0) is 25.9. The van der Waals surface area contributed by atoms with E-state index in [1.807, 2.05) is 19.1 Å². The summed E-state index contributed by atoms with van der Waals surface area (Å²) in [5.41, 5.74) is 2.11. The molecule has 1 aromatic carbocycles. The normalized spacial score (nSPS) is 17.4. The molecule has 2 fully saturated rings. The minimum Gasteiger partial charge on any atom is -0.369 e. The van der Waals surface area contributed by atoms with Gasteiger partial charge in [-0.3, -0.25) is 24.2 Å². The lowest BCUT2D eigenvalue weighted by atomic mass is 9.99. The number of nitrogens with zero attached hydrogens (tertiary/aromatic N) is 3. The molecule has 1 unspecified atom stereocenters. The number of benzene rings is 1. The Labute approximate surface area is 213 Å². The summed E-state index contributed by atoms with van der Waals surface area (Å²) in [4.78, 5) is 53.6. The molecule has 3 amide bonds. The van der Waals surface area contributed by atoms with Crippen LogP contribution in [0.5, 0.6) is 0 Å². The standard InChI is InChI=1S/C27H37N5O4/c1-21-19-23(31-16-14-30(15-17-31)13-3-5-22-9-11-29-12-10-22)7-8-24(21)27(36)32(20-34)25(6-4-18-33)26(35)28-2/h7-8,18-20,22,25,29H,4,6,9-17H2,1-2H3,(H,28,35). The molecule has 0 spiro atoms. The Balaban J connectivity index is 1.60. The van der Waals surface area contributed by atoms with Crippen molar-refractivity contribution in [1.29, 1.82) is 0 Å². The third kappa shape index (κ3) is 7.15. The number of aldehydes is 1. The van der Waals surface area contributed by atoms with Gasteiger partial charge in [-0.2, -0.15) is 0 Å². The Morgan fingerprint density at radius 3 is 2.53 bits per heavy atom. The smallest absolute Gasteiger partial charge is 0.261 e. The van der Waals surface area contributed by atoms with Crippen LogP contribution in [0.4, 0.5) is 5.69 Å². The van der Waals surface area contributed by atoms with Crippen molar-refractivity contribution in [2.24, 2.45) is 5.92 Å². The molecule has 0 radical (unpaired) electrons. The van der Waals surface area contributed by atoms with Gasteiger partial charge in [-0.05, 0) is 63.0 Å². The number of nitrogens with one attached hydrogen (secondary N) is 2. The zero-order valence-corrected chi connectivity index (χ0v) is 21.3. The van der Waals surface area contributed by atoms with Gasteiger partial charge in [0.1, 0.15) is 12.3 Å². The fourth-order valence-electron chi connectivity index (χ4n) is 4.71. The van der Waals surface area contributed by atoms with Crippen LogP contribution in [0.1, 0.15) is 41.6 Å². The molecule has 3 rings (SSSR count). The molecule has 2 aliphatic heterocycles. The highest BCUT2D eigenvalue weighted by molar-refractivity contribution is 6.04. The first-order chi connectivity index (χ1) is 17.5. The van der Waals surface area contributed by atoms with Crippen molar-refractivity contribution in [3.63, 3.8) is 0 Å². The minimum absolute atomic E-state index is 0.0727. The quantitative estimate of drug-likeness (QED) is 0.386. The largest absolute Gasteiger partial charge is 0.369 e. The fourth-order valence-corrected chi connectivity index (χ4v) is 4.71. The van der Waals surface area contributed by atoms with Crippen LogP contribution in [0.15, 0.2) is 18.2 Å². The molecule has 2 saturated heterocycles. The number of likely N-dealkylation sites (N-methyl/N-ethyl adjacent to an activating group) is 1. The SMILES string of the molecule is CNC(=O)C(CCC=O)N(C=O)C(=O)c1ccc(N2CCN(CC#CC3CCNCC3)CC2)cc1C. The molecule has 36 heavy (non-hydrogen) atoms. The molecule has 194 valence electrons. The van der Waals surface area contributed by atoms with E-state index in [0.29, 0.717) is 24.2 Å². The highest BCUT2D eigenvalue weighted by atomic mass is 16.2. The second kappa shape index (κ2) is 13.8. The summed E-state index contributed by atoms with van der Waals surface area (Å²) in [7, 11) is 1.44. The van der Waals surface area contributed by atoms with Crippen LogP contribution in [-0.2, 0) is 14.4 Å². The van der Waals surface area contributed by atoms with Crippen molar-refractivity contribution >= 4 is 30.2 Å². The molecule has 1 atom stereocenters. The average Bonchev–Trinajstić information content (AvgIpc) is 2.91. The molecule has 0 saturated carbocycles. The van der Waals surface area contributed by atoms with E-state index in [0.717, 1.165) is 74.8 Å².